The van der Waals surface area contributed by atoms with Gasteiger partial charge in [0.2, 0.25) is 0 Å². The lowest BCUT2D eigenvalue weighted by Crippen LogP contribution is -2.47. The van der Waals surface area contributed by atoms with Crippen LogP contribution in [0.1, 0.15) is 40.0 Å². The summed E-state index contributed by atoms with van der Waals surface area (Å²) in [6, 6.07) is 0.698. The first-order chi connectivity index (χ1) is 6.54. The topological polar surface area (TPSA) is 40.5 Å². The molecule has 0 spiro atoms. The summed E-state index contributed by atoms with van der Waals surface area (Å²) in [5.41, 5.74) is 0. The summed E-state index contributed by atoms with van der Waals surface area (Å²) in [4.78, 5) is 13.2. The molecule has 1 aliphatic rings. The fourth-order valence-electron chi connectivity index (χ4n) is 2.22. The van der Waals surface area contributed by atoms with Crippen LogP contribution < -0.4 is 0 Å². The predicted molar refractivity (Wildman–Crippen MR) is 56.3 cm³/mol. The minimum absolute atomic E-state index is 0.155. The lowest BCUT2D eigenvalue weighted by molar-refractivity contribution is -0.143. The molecule has 1 rings (SSSR count). The van der Waals surface area contributed by atoms with Crippen LogP contribution >= 0.6 is 0 Å². The molecule has 0 amide bonds. The van der Waals surface area contributed by atoms with Gasteiger partial charge in [0.15, 0.2) is 0 Å². The Balaban J connectivity index is 2.57. The predicted octanol–water partition coefficient (Wildman–Crippen LogP) is 1.97. The van der Waals surface area contributed by atoms with Gasteiger partial charge in [0, 0.05) is 12.1 Å². The minimum atomic E-state index is -0.685. The van der Waals surface area contributed by atoms with Crippen molar-refractivity contribution in [2.45, 2.75) is 52.1 Å². The van der Waals surface area contributed by atoms with Gasteiger partial charge in [-0.1, -0.05) is 13.3 Å². The first-order valence-electron chi connectivity index (χ1n) is 5.52. The molecule has 0 saturated carbocycles. The van der Waals surface area contributed by atoms with Crippen LogP contribution in [0.15, 0.2) is 0 Å². The zero-order valence-corrected chi connectivity index (χ0v) is 9.36. The van der Waals surface area contributed by atoms with Gasteiger partial charge in [-0.3, -0.25) is 9.69 Å². The van der Waals surface area contributed by atoms with Crippen molar-refractivity contribution < 1.29 is 9.90 Å². The van der Waals surface area contributed by atoms with E-state index in [2.05, 4.69) is 11.8 Å². The number of likely N-dealkylation sites (tertiary alicyclic amines) is 1. The van der Waals surface area contributed by atoms with Crippen LogP contribution in [0.25, 0.3) is 0 Å². The van der Waals surface area contributed by atoms with E-state index >= 15 is 0 Å². The Morgan fingerprint density at radius 2 is 2.07 bits per heavy atom. The summed E-state index contributed by atoms with van der Waals surface area (Å²) in [6.07, 6.45) is 3.70. The fourth-order valence-corrected chi connectivity index (χ4v) is 2.22. The Morgan fingerprint density at radius 3 is 2.57 bits per heavy atom. The first kappa shape index (κ1) is 11.5. The molecule has 3 heteroatoms. The maximum Gasteiger partial charge on any atom is 0.307 e. The van der Waals surface area contributed by atoms with Crippen molar-refractivity contribution in [1.82, 2.24) is 4.90 Å². The molecule has 0 aromatic carbocycles. The SMILES string of the molecule is CC(C(=O)O)C(C)N1CCCCC1C. The number of hydrogen-bond acceptors (Lipinski definition) is 2. The molecule has 0 radical (unpaired) electrons. The third-order valence-corrected chi connectivity index (χ3v) is 3.49. The molecule has 14 heavy (non-hydrogen) atoms. The Labute approximate surface area is 86.1 Å². The van der Waals surface area contributed by atoms with Crippen molar-refractivity contribution in [2.75, 3.05) is 6.54 Å². The molecule has 0 aromatic heterocycles. The van der Waals surface area contributed by atoms with Crippen LogP contribution in [0.5, 0.6) is 0 Å². The van der Waals surface area contributed by atoms with Gasteiger partial charge >= 0.3 is 5.97 Å². The van der Waals surface area contributed by atoms with Gasteiger partial charge < -0.3 is 5.11 Å². The number of carboxylic acid groups (broad SMARTS) is 1. The lowest BCUT2D eigenvalue weighted by Gasteiger charge is -2.39. The molecule has 1 heterocycles. The second-order valence-corrected chi connectivity index (χ2v) is 4.45. The molecule has 3 unspecified atom stereocenters. The van der Waals surface area contributed by atoms with E-state index in [0.29, 0.717) is 6.04 Å². The van der Waals surface area contributed by atoms with Crippen molar-refractivity contribution in [3.63, 3.8) is 0 Å². The molecule has 1 fully saturated rings. The highest BCUT2D eigenvalue weighted by atomic mass is 16.4. The zero-order chi connectivity index (χ0) is 10.7. The number of rotatable bonds is 3. The van der Waals surface area contributed by atoms with Crippen molar-refractivity contribution >= 4 is 5.97 Å². The van der Waals surface area contributed by atoms with E-state index in [9.17, 15) is 4.79 Å². The van der Waals surface area contributed by atoms with Gasteiger partial charge in [0.25, 0.3) is 0 Å². The minimum Gasteiger partial charge on any atom is -0.481 e. The Bertz CT molecular complexity index is 205. The molecule has 0 aliphatic carbocycles. The van der Waals surface area contributed by atoms with Crippen molar-refractivity contribution in [3.8, 4) is 0 Å². The lowest BCUT2D eigenvalue weighted by atomic mass is 9.95. The molecule has 3 nitrogen and oxygen atoms in total. The second kappa shape index (κ2) is 4.78. The van der Waals surface area contributed by atoms with Gasteiger partial charge in [0.05, 0.1) is 5.92 Å². The summed E-state index contributed by atoms with van der Waals surface area (Å²) in [6.45, 7) is 7.08. The number of nitrogens with zero attached hydrogens (tertiary/aromatic N) is 1. The first-order valence-corrected chi connectivity index (χ1v) is 5.52. The highest BCUT2D eigenvalue weighted by molar-refractivity contribution is 5.70. The molecule has 0 bridgehead atoms. The number of carbonyl (C=O) groups is 1. The summed E-state index contributed by atoms with van der Waals surface area (Å²) >= 11 is 0. The van der Waals surface area contributed by atoms with Crippen LogP contribution in [-0.2, 0) is 4.79 Å². The molecule has 3 atom stereocenters. The van der Waals surface area contributed by atoms with Crippen LogP contribution in [0.4, 0.5) is 0 Å². The number of carboxylic acids is 1. The number of aliphatic carboxylic acids is 1. The van der Waals surface area contributed by atoms with Crippen LogP contribution in [0, 0.1) is 5.92 Å². The quantitative estimate of drug-likeness (QED) is 0.755. The summed E-state index contributed by atoms with van der Waals surface area (Å²) in [7, 11) is 0. The van der Waals surface area contributed by atoms with E-state index in [1.165, 1.54) is 19.3 Å². The summed E-state index contributed by atoms with van der Waals surface area (Å²) in [5, 5.41) is 8.94. The summed E-state index contributed by atoms with van der Waals surface area (Å²) < 4.78 is 0. The number of hydrogen-bond donors (Lipinski definition) is 1. The normalized spacial score (nSPS) is 28.4. The third kappa shape index (κ3) is 2.47. The average molecular weight is 199 g/mol. The Morgan fingerprint density at radius 1 is 1.43 bits per heavy atom. The van der Waals surface area contributed by atoms with E-state index in [1.54, 1.807) is 6.92 Å². The van der Waals surface area contributed by atoms with Crippen molar-refractivity contribution in [3.05, 3.63) is 0 Å². The number of piperidine rings is 1. The maximum absolute atomic E-state index is 10.9. The Kier molecular flexibility index (Phi) is 3.93. The summed E-state index contributed by atoms with van der Waals surface area (Å²) in [5.74, 6) is -0.953. The zero-order valence-electron chi connectivity index (χ0n) is 9.36. The van der Waals surface area contributed by atoms with Gasteiger partial charge in [-0.2, -0.15) is 0 Å². The van der Waals surface area contributed by atoms with Crippen LogP contribution in [0.2, 0.25) is 0 Å². The molecule has 1 saturated heterocycles. The molecular formula is C11H21NO2. The average Bonchev–Trinajstić information content (AvgIpc) is 2.16. The van der Waals surface area contributed by atoms with E-state index in [4.69, 9.17) is 5.11 Å². The smallest absolute Gasteiger partial charge is 0.307 e. The van der Waals surface area contributed by atoms with Gasteiger partial charge in [0.1, 0.15) is 0 Å². The highest BCUT2D eigenvalue weighted by Crippen LogP contribution is 2.22. The molecule has 1 N–H and O–H groups in total. The molecule has 0 aromatic rings. The second-order valence-electron chi connectivity index (χ2n) is 4.45. The van der Waals surface area contributed by atoms with Crippen LogP contribution in [0.3, 0.4) is 0 Å². The van der Waals surface area contributed by atoms with Crippen molar-refractivity contribution in [2.24, 2.45) is 5.92 Å². The van der Waals surface area contributed by atoms with Gasteiger partial charge in [-0.05, 0) is 33.2 Å². The van der Waals surface area contributed by atoms with E-state index in [1.807, 2.05) is 6.92 Å². The molecule has 1 aliphatic heterocycles. The van der Waals surface area contributed by atoms with E-state index in [-0.39, 0.29) is 12.0 Å². The van der Waals surface area contributed by atoms with Crippen molar-refractivity contribution in [1.29, 1.82) is 0 Å². The Hall–Kier alpha value is -0.570. The standard InChI is InChI=1S/C11H21NO2/c1-8-6-4-5-7-12(8)10(3)9(2)11(13)14/h8-10H,4-7H2,1-3H3,(H,13,14). The third-order valence-electron chi connectivity index (χ3n) is 3.49. The largest absolute Gasteiger partial charge is 0.481 e. The fraction of sp³-hybridized carbons (Fsp3) is 0.909. The van der Waals surface area contributed by atoms with E-state index < -0.39 is 5.97 Å². The maximum atomic E-state index is 10.9. The molecule has 82 valence electrons. The van der Waals surface area contributed by atoms with Crippen LogP contribution in [-0.4, -0.2) is 34.6 Å². The van der Waals surface area contributed by atoms with E-state index in [0.717, 1.165) is 6.54 Å². The monoisotopic (exact) mass is 199 g/mol. The highest BCUT2D eigenvalue weighted by Gasteiger charge is 2.29. The molecular weight excluding hydrogens is 178 g/mol. The van der Waals surface area contributed by atoms with Gasteiger partial charge in [-0.25, -0.2) is 0 Å². The van der Waals surface area contributed by atoms with Gasteiger partial charge in [-0.15, -0.1) is 0 Å².